The predicted molar refractivity (Wildman–Crippen MR) is 122 cm³/mol. The van der Waals surface area contributed by atoms with Crippen LogP contribution in [0.2, 0.25) is 0 Å². The van der Waals surface area contributed by atoms with E-state index in [4.69, 9.17) is 0 Å². The van der Waals surface area contributed by atoms with Gasteiger partial charge in [-0.05, 0) is 50.8 Å². The summed E-state index contributed by atoms with van der Waals surface area (Å²) in [6.07, 6.45) is 10.3. The molecular formula is C25H35N3O3. The average Bonchev–Trinajstić information content (AvgIpc) is 2.79. The maximum Gasteiger partial charge on any atom is 0.254 e. The van der Waals surface area contributed by atoms with Crippen LogP contribution in [0.4, 0.5) is 5.69 Å². The zero-order valence-corrected chi connectivity index (χ0v) is 19.0. The van der Waals surface area contributed by atoms with Crippen LogP contribution < -0.4 is 10.4 Å². The maximum atomic E-state index is 13.4. The van der Waals surface area contributed by atoms with Gasteiger partial charge < -0.3 is 4.90 Å². The minimum Gasteiger partial charge on any atom is -0.336 e. The quantitative estimate of drug-likeness (QED) is 0.469. The van der Waals surface area contributed by atoms with Gasteiger partial charge in [0, 0.05) is 18.2 Å². The average molecular weight is 426 g/mol. The molecular weight excluding hydrogens is 390 g/mol. The fraction of sp³-hybridized carbons (Fsp3) is 0.560. The molecule has 3 unspecified atom stereocenters. The molecule has 31 heavy (non-hydrogen) atoms. The molecule has 6 heteroatoms. The standard InChI is InChI=1S/C25H35N3O3/c1-4-6-9-16-27(18(3)11-5-2)24(30)19-12-10-13-20(17-19)28-25(31)22-15-8-7-14-21(22)23(29)26-28/h7-8,10,12-13,17-18,21-22H,4-6,9,11,14-16H2,1-3H3,(H,26,29). The van der Waals surface area contributed by atoms with Gasteiger partial charge in [0.05, 0.1) is 17.5 Å². The molecule has 1 fully saturated rings. The zero-order chi connectivity index (χ0) is 22.4. The summed E-state index contributed by atoms with van der Waals surface area (Å²) in [6, 6.07) is 7.23. The van der Waals surface area contributed by atoms with Crippen LogP contribution in [0.15, 0.2) is 36.4 Å². The minimum absolute atomic E-state index is 0.0202. The first kappa shape index (κ1) is 23.0. The highest BCUT2D eigenvalue weighted by Gasteiger charge is 2.42. The normalized spacial score (nSPS) is 21.5. The summed E-state index contributed by atoms with van der Waals surface area (Å²) in [5.74, 6) is -0.912. The molecule has 1 N–H and O–H groups in total. The summed E-state index contributed by atoms with van der Waals surface area (Å²) in [6.45, 7) is 7.11. The van der Waals surface area contributed by atoms with Crippen molar-refractivity contribution >= 4 is 23.4 Å². The summed E-state index contributed by atoms with van der Waals surface area (Å²) in [7, 11) is 0. The number of hydrazine groups is 1. The number of nitrogens with zero attached hydrogens (tertiary/aromatic N) is 2. The van der Waals surface area contributed by atoms with Crippen molar-refractivity contribution in [2.24, 2.45) is 11.8 Å². The Balaban J connectivity index is 1.82. The molecule has 6 nitrogen and oxygen atoms in total. The number of hydrogen-bond donors (Lipinski definition) is 1. The van der Waals surface area contributed by atoms with Crippen LogP contribution in [-0.4, -0.2) is 35.2 Å². The Kier molecular flexibility index (Phi) is 7.88. The first-order valence-corrected chi connectivity index (χ1v) is 11.7. The highest BCUT2D eigenvalue weighted by atomic mass is 16.2. The van der Waals surface area contributed by atoms with Crippen LogP contribution in [0.5, 0.6) is 0 Å². The van der Waals surface area contributed by atoms with Gasteiger partial charge in [-0.3, -0.25) is 19.8 Å². The van der Waals surface area contributed by atoms with Crippen molar-refractivity contribution in [1.29, 1.82) is 0 Å². The van der Waals surface area contributed by atoms with Crippen molar-refractivity contribution in [2.75, 3.05) is 11.6 Å². The van der Waals surface area contributed by atoms with Crippen LogP contribution in [0.3, 0.4) is 0 Å². The Hall–Kier alpha value is -2.63. The number of hydrogen-bond acceptors (Lipinski definition) is 3. The van der Waals surface area contributed by atoms with Gasteiger partial charge in [0.15, 0.2) is 0 Å². The third-order valence-electron chi connectivity index (χ3n) is 6.38. The van der Waals surface area contributed by atoms with Crippen molar-refractivity contribution < 1.29 is 14.4 Å². The lowest BCUT2D eigenvalue weighted by Gasteiger charge is -2.38. The number of fused-ring (bicyclic) bond motifs is 1. The summed E-state index contributed by atoms with van der Waals surface area (Å²) >= 11 is 0. The van der Waals surface area contributed by atoms with E-state index in [9.17, 15) is 14.4 Å². The Morgan fingerprint density at radius 2 is 1.87 bits per heavy atom. The second kappa shape index (κ2) is 10.6. The van der Waals surface area contributed by atoms with E-state index in [0.717, 1.165) is 38.6 Å². The van der Waals surface area contributed by atoms with Gasteiger partial charge in [0.1, 0.15) is 0 Å². The molecule has 0 radical (unpaired) electrons. The third-order valence-corrected chi connectivity index (χ3v) is 6.38. The molecule has 1 heterocycles. The van der Waals surface area contributed by atoms with Gasteiger partial charge in [-0.2, -0.15) is 0 Å². The van der Waals surface area contributed by atoms with Crippen molar-refractivity contribution in [2.45, 2.75) is 71.8 Å². The van der Waals surface area contributed by atoms with Gasteiger partial charge in [-0.25, -0.2) is 5.01 Å². The van der Waals surface area contributed by atoms with E-state index in [1.807, 2.05) is 17.1 Å². The summed E-state index contributed by atoms with van der Waals surface area (Å²) in [5, 5.41) is 1.33. The molecule has 168 valence electrons. The third kappa shape index (κ3) is 5.17. The number of carbonyl (C=O) groups is 3. The van der Waals surface area contributed by atoms with E-state index in [0.29, 0.717) is 24.1 Å². The number of unbranched alkanes of at least 4 members (excludes halogenated alkanes) is 2. The first-order valence-electron chi connectivity index (χ1n) is 11.7. The minimum atomic E-state index is -0.340. The molecule has 1 saturated heterocycles. The van der Waals surface area contributed by atoms with Gasteiger partial charge >= 0.3 is 0 Å². The molecule has 0 aromatic heterocycles. The van der Waals surface area contributed by atoms with Crippen LogP contribution in [0, 0.1) is 11.8 Å². The van der Waals surface area contributed by atoms with E-state index in [-0.39, 0.29) is 35.6 Å². The number of nitrogens with one attached hydrogen (secondary N) is 1. The lowest BCUT2D eigenvalue weighted by atomic mass is 9.80. The Morgan fingerprint density at radius 3 is 2.58 bits per heavy atom. The molecule has 3 amide bonds. The molecule has 1 aliphatic carbocycles. The molecule has 0 bridgehead atoms. The van der Waals surface area contributed by atoms with Gasteiger partial charge in [-0.15, -0.1) is 0 Å². The fourth-order valence-electron chi connectivity index (χ4n) is 4.55. The number of rotatable bonds is 9. The number of benzene rings is 1. The number of carbonyl (C=O) groups excluding carboxylic acids is 3. The van der Waals surface area contributed by atoms with Gasteiger partial charge in [0.2, 0.25) is 11.8 Å². The van der Waals surface area contributed by atoms with E-state index in [1.54, 1.807) is 24.3 Å². The van der Waals surface area contributed by atoms with Gasteiger partial charge in [-0.1, -0.05) is 51.3 Å². The lowest BCUT2D eigenvalue weighted by Crippen LogP contribution is -2.59. The summed E-state index contributed by atoms with van der Waals surface area (Å²) < 4.78 is 0. The Morgan fingerprint density at radius 1 is 1.13 bits per heavy atom. The highest BCUT2D eigenvalue weighted by Crippen LogP contribution is 2.32. The van der Waals surface area contributed by atoms with Gasteiger partial charge in [0.25, 0.3) is 5.91 Å². The van der Waals surface area contributed by atoms with Crippen molar-refractivity contribution in [3.8, 4) is 0 Å². The van der Waals surface area contributed by atoms with E-state index >= 15 is 0 Å². The number of amides is 3. The van der Waals surface area contributed by atoms with Crippen molar-refractivity contribution in [3.63, 3.8) is 0 Å². The Labute approximate surface area is 185 Å². The highest BCUT2D eigenvalue weighted by molar-refractivity contribution is 6.05. The number of allylic oxidation sites excluding steroid dienone is 2. The molecule has 1 aromatic rings. The van der Waals surface area contributed by atoms with Crippen molar-refractivity contribution in [3.05, 3.63) is 42.0 Å². The monoisotopic (exact) mass is 425 g/mol. The molecule has 1 aliphatic heterocycles. The largest absolute Gasteiger partial charge is 0.336 e. The molecule has 3 atom stereocenters. The lowest BCUT2D eigenvalue weighted by molar-refractivity contribution is -0.139. The fourth-order valence-corrected chi connectivity index (χ4v) is 4.55. The van der Waals surface area contributed by atoms with E-state index < -0.39 is 0 Å². The molecule has 1 aromatic carbocycles. The first-order chi connectivity index (χ1) is 15.0. The molecule has 0 spiro atoms. The summed E-state index contributed by atoms with van der Waals surface area (Å²) in [5.41, 5.74) is 3.83. The maximum absolute atomic E-state index is 13.4. The van der Waals surface area contributed by atoms with Crippen LogP contribution >= 0.6 is 0 Å². The van der Waals surface area contributed by atoms with Crippen LogP contribution in [-0.2, 0) is 9.59 Å². The molecule has 0 saturated carbocycles. The van der Waals surface area contributed by atoms with Crippen LogP contribution in [0.1, 0.15) is 76.1 Å². The van der Waals surface area contributed by atoms with E-state index in [1.165, 1.54) is 5.01 Å². The molecule has 2 aliphatic rings. The second-order valence-corrected chi connectivity index (χ2v) is 8.70. The topological polar surface area (TPSA) is 69.7 Å². The second-order valence-electron chi connectivity index (χ2n) is 8.70. The smallest absolute Gasteiger partial charge is 0.254 e. The number of anilines is 1. The zero-order valence-electron chi connectivity index (χ0n) is 19.0. The van der Waals surface area contributed by atoms with Crippen molar-refractivity contribution in [1.82, 2.24) is 10.3 Å². The predicted octanol–water partition coefficient (Wildman–Crippen LogP) is 4.47. The Bertz CT molecular complexity index is 835. The van der Waals surface area contributed by atoms with Crippen LogP contribution in [0.25, 0.3) is 0 Å². The molecule has 3 rings (SSSR count). The summed E-state index contributed by atoms with van der Waals surface area (Å²) in [4.78, 5) is 41.0. The SMILES string of the molecule is CCCCCN(C(=O)c1cccc(N2NC(=O)C3CC=CCC3C2=O)c1)C(C)CCC. The van der Waals surface area contributed by atoms with E-state index in [2.05, 4.69) is 26.2 Å².